The Hall–Kier alpha value is -2.41. The number of nitrogens with one attached hydrogen (secondary N) is 1. The van der Waals surface area contributed by atoms with Gasteiger partial charge in [0.25, 0.3) is 0 Å². The summed E-state index contributed by atoms with van der Waals surface area (Å²) in [6, 6.07) is 11.1. The topological polar surface area (TPSA) is 74.9 Å². The summed E-state index contributed by atoms with van der Waals surface area (Å²) in [7, 11) is 0. The average Bonchev–Trinajstić information content (AvgIpc) is 3.20. The lowest BCUT2D eigenvalue weighted by atomic mass is 10.1. The second kappa shape index (κ2) is 7.44. The largest absolute Gasteiger partial charge is 0.467 e. The van der Waals surface area contributed by atoms with E-state index < -0.39 is 5.92 Å². The first-order chi connectivity index (χ1) is 11.6. The van der Waals surface area contributed by atoms with Crippen LogP contribution in [0.25, 0.3) is 0 Å². The van der Waals surface area contributed by atoms with E-state index in [0.29, 0.717) is 18.8 Å². The summed E-state index contributed by atoms with van der Waals surface area (Å²) in [5, 5.41) is 3.95. The van der Waals surface area contributed by atoms with Crippen LogP contribution in [0.15, 0.2) is 56.7 Å². The average molecular weight is 390 g/mol. The van der Waals surface area contributed by atoms with Crippen LogP contribution in [0.4, 0.5) is 0 Å². The molecule has 124 valence electrons. The molecule has 0 radical (unpaired) electrons. The third kappa shape index (κ3) is 4.11. The van der Waals surface area contributed by atoms with Crippen LogP contribution in [0.2, 0.25) is 0 Å². The van der Waals surface area contributed by atoms with E-state index in [1.54, 1.807) is 23.4 Å². The molecule has 3 rings (SSSR count). The number of likely N-dealkylation sites (tertiary alicyclic amines) is 1. The zero-order valence-electron chi connectivity index (χ0n) is 12.8. The van der Waals surface area contributed by atoms with Crippen LogP contribution >= 0.6 is 15.9 Å². The van der Waals surface area contributed by atoms with Crippen LogP contribution in [0.1, 0.15) is 17.7 Å². The number of nitrogens with zero attached hydrogens (tertiary/aromatic N) is 2. The molecule has 0 spiro atoms. The fraction of sp³-hybridized carbons (Fsp3) is 0.235. The van der Waals surface area contributed by atoms with Crippen molar-refractivity contribution in [3.05, 3.63) is 58.5 Å². The van der Waals surface area contributed by atoms with E-state index in [2.05, 4.69) is 26.5 Å². The van der Waals surface area contributed by atoms with Crippen molar-refractivity contribution in [1.82, 2.24) is 10.3 Å². The molecule has 1 atom stereocenters. The van der Waals surface area contributed by atoms with Gasteiger partial charge in [0, 0.05) is 17.4 Å². The maximum absolute atomic E-state index is 12.1. The SMILES string of the molecule is O=C(N/N=C/c1ccc(Br)cc1)C1CC(=O)N(Cc2ccco2)C1. The van der Waals surface area contributed by atoms with Gasteiger partial charge in [0.2, 0.25) is 11.8 Å². The minimum Gasteiger partial charge on any atom is -0.467 e. The first-order valence-corrected chi connectivity index (χ1v) is 8.30. The standard InChI is InChI=1S/C17H16BrN3O3/c18-14-5-3-12(4-6-14)9-19-20-17(23)13-8-16(22)21(10-13)11-15-2-1-7-24-15/h1-7,9,13H,8,10-11H2,(H,20,23)/b19-9+. The Morgan fingerprint density at radius 3 is 2.88 bits per heavy atom. The quantitative estimate of drug-likeness (QED) is 0.630. The van der Waals surface area contributed by atoms with Crippen molar-refractivity contribution in [2.24, 2.45) is 11.0 Å². The minimum atomic E-state index is -0.394. The fourth-order valence-corrected chi connectivity index (χ4v) is 2.77. The number of amides is 2. The van der Waals surface area contributed by atoms with Gasteiger partial charge in [-0.05, 0) is 29.8 Å². The summed E-state index contributed by atoms with van der Waals surface area (Å²) in [5.41, 5.74) is 3.38. The molecule has 1 unspecified atom stereocenters. The third-order valence-electron chi connectivity index (χ3n) is 3.77. The van der Waals surface area contributed by atoms with Gasteiger partial charge in [-0.25, -0.2) is 5.43 Å². The third-order valence-corrected chi connectivity index (χ3v) is 4.30. The number of hydrazone groups is 1. The molecule has 0 saturated carbocycles. The van der Waals surface area contributed by atoms with Gasteiger partial charge >= 0.3 is 0 Å². The summed E-state index contributed by atoms with van der Waals surface area (Å²) in [4.78, 5) is 25.8. The fourth-order valence-electron chi connectivity index (χ4n) is 2.50. The van der Waals surface area contributed by atoms with E-state index in [-0.39, 0.29) is 18.2 Å². The lowest BCUT2D eigenvalue weighted by molar-refractivity contribution is -0.129. The number of rotatable bonds is 5. The molecule has 24 heavy (non-hydrogen) atoms. The summed E-state index contributed by atoms with van der Waals surface area (Å²) < 4.78 is 6.22. The molecule has 1 aliphatic rings. The Kier molecular flexibility index (Phi) is 5.10. The van der Waals surface area contributed by atoms with Crippen molar-refractivity contribution in [3.63, 3.8) is 0 Å². The molecule has 7 heteroatoms. The molecular weight excluding hydrogens is 374 g/mol. The van der Waals surface area contributed by atoms with Gasteiger partial charge in [-0.3, -0.25) is 9.59 Å². The maximum Gasteiger partial charge on any atom is 0.245 e. The molecule has 2 aromatic rings. The van der Waals surface area contributed by atoms with Crippen molar-refractivity contribution >= 4 is 34.0 Å². The molecule has 1 saturated heterocycles. The van der Waals surface area contributed by atoms with Gasteiger partial charge in [0.05, 0.1) is 24.9 Å². The van der Waals surface area contributed by atoms with E-state index in [4.69, 9.17) is 4.42 Å². The number of carbonyl (C=O) groups is 2. The zero-order valence-corrected chi connectivity index (χ0v) is 14.4. The molecule has 2 heterocycles. The molecule has 0 aliphatic carbocycles. The Morgan fingerprint density at radius 1 is 1.38 bits per heavy atom. The molecule has 1 N–H and O–H groups in total. The molecule has 6 nitrogen and oxygen atoms in total. The number of hydrogen-bond acceptors (Lipinski definition) is 4. The monoisotopic (exact) mass is 389 g/mol. The lowest BCUT2D eigenvalue weighted by Gasteiger charge is -2.14. The van der Waals surface area contributed by atoms with E-state index in [1.807, 2.05) is 30.3 Å². The molecule has 0 bridgehead atoms. The number of benzene rings is 1. The summed E-state index contributed by atoms with van der Waals surface area (Å²) in [6.45, 7) is 0.761. The highest BCUT2D eigenvalue weighted by atomic mass is 79.9. The first kappa shape index (κ1) is 16.4. The normalized spacial score (nSPS) is 17.6. The first-order valence-electron chi connectivity index (χ1n) is 7.50. The van der Waals surface area contributed by atoms with Crippen LogP contribution in [-0.4, -0.2) is 29.5 Å². The molecule has 1 aromatic heterocycles. The van der Waals surface area contributed by atoms with Crippen LogP contribution in [0, 0.1) is 5.92 Å². The highest BCUT2D eigenvalue weighted by molar-refractivity contribution is 9.10. The molecular formula is C17H16BrN3O3. The van der Waals surface area contributed by atoms with Gasteiger partial charge in [-0.15, -0.1) is 0 Å². The van der Waals surface area contributed by atoms with Crippen LogP contribution in [0.3, 0.4) is 0 Å². The van der Waals surface area contributed by atoms with Crippen LogP contribution in [0.5, 0.6) is 0 Å². The molecule has 1 aliphatic heterocycles. The van der Waals surface area contributed by atoms with E-state index >= 15 is 0 Å². The summed E-state index contributed by atoms with van der Waals surface area (Å²) in [5.74, 6) is 0.00860. The number of carbonyl (C=O) groups excluding carboxylic acids is 2. The van der Waals surface area contributed by atoms with Crippen molar-refractivity contribution in [3.8, 4) is 0 Å². The smallest absolute Gasteiger partial charge is 0.245 e. The van der Waals surface area contributed by atoms with Gasteiger partial charge < -0.3 is 9.32 Å². The van der Waals surface area contributed by atoms with E-state index in [9.17, 15) is 9.59 Å². The highest BCUT2D eigenvalue weighted by Crippen LogP contribution is 2.20. The van der Waals surface area contributed by atoms with Gasteiger partial charge in [-0.2, -0.15) is 5.10 Å². The Morgan fingerprint density at radius 2 is 2.17 bits per heavy atom. The van der Waals surface area contributed by atoms with Gasteiger partial charge in [-0.1, -0.05) is 28.1 Å². The van der Waals surface area contributed by atoms with Crippen molar-refractivity contribution in [2.45, 2.75) is 13.0 Å². The predicted octanol–water partition coefficient (Wildman–Crippen LogP) is 2.54. The number of furan rings is 1. The Bertz CT molecular complexity index is 741. The summed E-state index contributed by atoms with van der Waals surface area (Å²) in [6.07, 6.45) is 3.33. The van der Waals surface area contributed by atoms with Gasteiger partial charge in [0.15, 0.2) is 0 Å². The highest BCUT2D eigenvalue weighted by Gasteiger charge is 2.34. The van der Waals surface area contributed by atoms with Crippen molar-refractivity contribution in [1.29, 1.82) is 0 Å². The maximum atomic E-state index is 12.1. The second-order valence-corrected chi connectivity index (χ2v) is 6.46. The van der Waals surface area contributed by atoms with Crippen LogP contribution < -0.4 is 5.43 Å². The van der Waals surface area contributed by atoms with E-state index in [0.717, 1.165) is 10.0 Å². The second-order valence-electron chi connectivity index (χ2n) is 5.54. The zero-order chi connectivity index (χ0) is 16.9. The van der Waals surface area contributed by atoms with Gasteiger partial charge in [0.1, 0.15) is 5.76 Å². The number of halogens is 1. The number of hydrogen-bond donors (Lipinski definition) is 1. The summed E-state index contributed by atoms with van der Waals surface area (Å²) >= 11 is 3.36. The molecule has 2 amide bonds. The predicted molar refractivity (Wildman–Crippen MR) is 92.1 cm³/mol. The Balaban J connectivity index is 1.52. The van der Waals surface area contributed by atoms with Crippen molar-refractivity contribution < 1.29 is 14.0 Å². The Labute approximate surface area is 147 Å². The van der Waals surface area contributed by atoms with Crippen molar-refractivity contribution in [2.75, 3.05) is 6.54 Å². The molecule has 1 fully saturated rings. The van der Waals surface area contributed by atoms with Crippen LogP contribution in [-0.2, 0) is 16.1 Å². The van der Waals surface area contributed by atoms with E-state index in [1.165, 1.54) is 0 Å². The lowest BCUT2D eigenvalue weighted by Crippen LogP contribution is -2.30. The molecule has 1 aromatic carbocycles. The minimum absolute atomic E-state index is 0.0524.